The molecule has 0 bridgehead atoms. The van der Waals surface area contributed by atoms with Crippen LogP contribution in [0.4, 0.5) is 16.6 Å². The van der Waals surface area contributed by atoms with E-state index in [9.17, 15) is 4.79 Å². The van der Waals surface area contributed by atoms with Gasteiger partial charge in [0.1, 0.15) is 11.9 Å². The van der Waals surface area contributed by atoms with Crippen molar-refractivity contribution >= 4 is 33.9 Å². The van der Waals surface area contributed by atoms with Crippen LogP contribution < -0.4 is 10.2 Å². The van der Waals surface area contributed by atoms with Gasteiger partial charge >= 0.3 is 0 Å². The van der Waals surface area contributed by atoms with E-state index in [1.807, 2.05) is 50.3 Å². The fraction of sp³-hybridized carbons (Fsp3) is 0.375. The molecule has 1 saturated heterocycles. The van der Waals surface area contributed by atoms with Crippen LogP contribution in [0.5, 0.6) is 0 Å². The van der Waals surface area contributed by atoms with Crippen LogP contribution in [0.15, 0.2) is 48.7 Å². The number of hydrogen-bond acceptors (Lipinski definition) is 7. The Kier molecular flexibility index (Phi) is 7.02. The van der Waals surface area contributed by atoms with Crippen molar-refractivity contribution < 1.29 is 9.53 Å². The molecule has 8 heteroatoms. The lowest BCUT2D eigenvalue weighted by Gasteiger charge is -2.33. The Labute approximate surface area is 193 Å². The van der Waals surface area contributed by atoms with Gasteiger partial charge < -0.3 is 19.9 Å². The zero-order chi connectivity index (χ0) is 22.5. The number of aryl methyl sites for hydroxylation is 2. The first kappa shape index (κ1) is 22.2. The van der Waals surface area contributed by atoms with Crippen molar-refractivity contribution in [2.24, 2.45) is 0 Å². The molecule has 1 fully saturated rings. The Bertz CT molecular complexity index is 1050. The van der Waals surface area contributed by atoms with Crippen molar-refractivity contribution in [1.29, 1.82) is 0 Å². The van der Waals surface area contributed by atoms with E-state index in [1.165, 1.54) is 5.56 Å². The van der Waals surface area contributed by atoms with Crippen LogP contribution in [0, 0.1) is 6.92 Å². The third kappa shape index (κ3) is 5.63. The van der Waals surface area contributed by atoms with Crippen LogP contribution in [-0.4, -0.2) is 54.6 Å². The van der Waals surface area contributed by atoms with Gasteiger partial charge in [-0.3, -0.25) is 4.79 Å². The highest BCUT2D eigenvalue weighted by atomic mass is 32.1. The molecular formula is C24H29N5O2S. The molecule has 2 aromatic heterocycles. The van der Waals surface area contributed by atoms with Crippen molar-refractivity contribution in [2.45, 2.75) is 25.9 Å². The topological polar surface area (TPSA) is 70.6 Å². The number of ether oxygens (including phenoxy) is 1. The molecule has 1 aliphatic rings. The van der Waals surface area contributed by atoms with Gasteiger partial charge in [0.15, 0.2) is 5.13 Å². The summed E-state index contributed by atoms with van der Waals surface area (Å²) in [5.74, 6) is 0.882. The zero-order valence-electron chi connectivity index (χ0n) is 18.7. The molecule has 1 atom stereocenters. The quantitative estimate of drug-likeness (QED) is 0.581. The molecule has 1 amide bonds. The van der Waals surface area contributed by atoms with E-state index in [0.717, 1.165) is 33.6 Å². The molecular weight excluding hydrogens is 422 g/mol. The van der Waals surface area contributed by atoms with Crippen LogP contribution in [0.25, 0.3) is 0 Å². The number of hydrogen-bond donors (Lipinski definition) is 1. The molecule has 1 unspecified atom stereocenters. The van der Waals surface area contributed by atoms with E-state index < -0.39 is 0 Å². The number of carbonyl (C=O) groups excluding carboxylic acids is 1. The van der Waals surface area contributed by atoms with Gasteiger partial charge in [0.05, 0.1) is 18.8 Å². The van der Waals surface area contributed by atoms with Crippen molar-refractivity contribution in [2.75, 3.05) is 44.0 Å². The second-order valence-corrected chi connectivity index (χ2v) is 9.34. The second kappa shape index (κ2) is 10.1. The summed E-state index contributed by atoms with van der Waals surface area (Å²) in [5, 5.41) is 4.06. The summed E-state index contributed by atoms with van der Waals surface area (Å²) in [6, 6.07) is 14.2. The van der Waals surface area contributed by atoms with E-state index in [0.29, 0.717) is 26.1 Å². The highest BCUT2D eigenvalue weighted by Crippen LogP contribution is 2.25. The van der Waals surface area contributed by atoms with Crippen molar-refractivity contribution in [1.82, 2.24) is 14.9 Å². The number of carbonyl (C=O) groups is 1. The Balaban J connectivity index is 1.34. The first-order chi connectivity index (χ1) is 15.5. The third-order valence-electron chi connectivity index (χ3n) is 5.46. The maximum Gasteiger partial charge on any atom is 0.223 e. The maximum absolute atomic E-state index is 12.9. The van der Waals surface area contributed by atoms with Gasteiger partial charge in [0.25, 0.3) is 0 Å². The lowest BCUT2D eigenvalue weighted by molar-refractivity contribution is -0.139. The highest BCUT2D eigenvalue weighted by molar-refractivity contribution is 7.15. The van der Waals surface area contributed by atoms with Gasteiger partial charge in [-0.15, -0.1) is 11.3 Å². The van der Waals surface area contributed by atoms with E-state index in [1.54, 1.807) is 11.3 Å². The summed E-state index contributed by atoms with van der Waals surface area (Å²) in [4.78, 5) is 27.0. The molecule has 0 radical (unpaired) electrons. The fourth-order valence-electron chi connectivity index (χ4n) is 3.65. The fourth-order valence-corrected chi connectivity index (χ4v) is 4.32. The van der Waals surface area contributed by atoms with E-state index in [-0.39, 0.29) is 12.0 Å². The van der Waals surface area contributed by atoms with Crippen LogP contribution >= 0.6 is 11.3 Å². The third-order valence-corrected chi connectivity index (χ3v) is 6.28. The summed E-state index contributed by atoms with van der Waals surface area (Å²) < 4.78 is 5.95. The molecule has 168 valence electrons. The molecule has 0 spiro atoms. The largest absolute Gasteiger partial charge is 0.378 e. The first-order valence-corrected chi connectivity index (χ1v) is 11.6. The minimum atomic E-state index is -0.230. The SMILES string of the molecule is Cc1cnc(Nc2cccc(C3CN(C(=O)CCc4ccc(N(C)C)cc4)CCO3)n2)s1. The smallest absolute Gasteiger partial charge is 0.223 e. The Morgan fingerprint density at radius 3 is 2.78 bits per heavy atom. The minimum absolute atomic E-state index is 0.155. The standard InChI is InChI=1S/C24H29N5O2S/c1-17-15-25-24(32-17)27-22-6-4-5-20(26-22)21-16-29(13-14-31-21)23(30)12-9-18-7-10-19(11-8-18)28(2)3/h4-8,10-11,15,21H,9,12-14,16H2,1-3H3,(H,25,26,27). The normalized spacial score (nSPS) is 16.1. The summed E-state index contributed by atoms with van der Waals surface area (Å²) in [6.07, 6.45) is 2.83. The van der Waals surface area contributed by atoms with Crippen molar-refractivity contribution in [3.05, 3.63) is 64.8 Å². The molecule has 32 heavy (non-hydrogen) atoms. The van der Waals surface area contributed by atoms with Crippen LogP contribution in [0.2, 0.25) is 0 Å². The van der Waals surface area contributed by atoms with Gasteiger partial charge in [-0.25, -0.2) is 9.97 Å². The molecule has 0 aliphatic carbocycles. The van der Waals surface area contributed by atoms with Gasteiger partial charge in [-0.1, -0.05) is 18.2 Å². The van der Waals surface area contributed by atoms with Crippen LogP contribution in [0.1, 0.15) is 28.7 Å². The number of rotatable bonds is 7. The van der Waals surface area contributed by atoms with E-state index in [2.05, 4.69) is 39.5 Å². The predicted octanol–water partition coefficient (Wildman–Crippen LogP) is 4.19. The summed E-state index contributed by atoms with van der Waals surface area (Å²) >= 11 is 1.59. The lowest BCUT2D eigenvalue weighted by atomic mass is 10.1. The molecule has 3 aromatic rings. The zero-order valence-corrected chi connectivity index (χ0v) is 19.6. The lowest BCUT2D eigenvalue weighted by Crippen LogP contribution is -2.42. The molecule has 1 aromatic carbocycles. The van der Waals surface area contributed by atoms with Gasteiger partial charge in [-0.05, 0) is 43.2 Å². The molecule has 7 nitrogen and oxygen atoms in total. The van der Waals surface area contributed by atoms with E-state index >= 15 is 0 Å². The number of amides is 1. The van der Waals surface area contributed by atoms with Gasteiger partial charge in [-0.2, -0.15) is 0 Å². The Hall–Kier alpha value is -2.97. The molecule has 0 saturated carbocycles. The van der Waals surface area contributed by atoms with E-state index in [4.69, 9.17) is 9.72 Å². The molecule has 3 heterocycles. The molecule has 1 aliphatic heterocycles. The first-order valence-electron chi connectivity index (χ1n) is 10.8. The Morgan fingerprint density at radius 2 is 2.06 bits per heavy atom. The summed E-state index contributed by atoms with van der Waals surface area (Å²) in [7, 11) is 4.04. The maximum atomic E-state index is 12.9. The average Bonchev–Trinajstić information content (AvgIpc) is 3.22. The second-order valence-electron chi connectivity index (χ2n) is 8.11. The monoisotopic (exact) mass is 451 g/mol. The van der Waals surface area contributed by atoms with Crippen LogP contribution in [-0.2, 0) is 16.0 Å². The number of thiazole rings is 1. The average molecular weight is 452 g/mol. The number of morpholine rings is 1. The number of pyridine rings is 1. The summed E-state index contributed by atoms with van der Waals surface area (Å²) in [6.45, 7) is 3.67. The van der Waals surface area contributed by atoms with Crippen LogP contribution in [0.3, 0.4) is 0 Å². The van der Waals surface area contributed by atoms with Gasteiger partial charge in [0.2, 0.25) is 5.91 Å². The molecule has 1 N–H and O–H groups in total. The number of aromatic nitrogens is 2. The number of nitrogens with zero attached hydrogens (tertiary/aromatic N) is 4. The van der Waals surface area contributed by atoms with Gasteiger partial charge in [0, 0.05) is 43.8 Å². The predicted molar refractivity (Wildman–Crippen MR) is 129 cm³/mol. The molecule has 4 rings (SSSR count). The summed E-state index contributed by atoms with van der Waals surface area (Å²) in [5.41, 5.74) is 3.15. The van der Waals surface area contributed by atoms with Crippen molar-refractivity contribution in [3.63, 3.8) is 0 Å². The van der Waals surface area contributed by atoms with Crippen molar-refractivity contribution in [3.8, 4) is 0 Å². The number of benzene rings is 1. The Morgan fingerprint density at radius 1 is 1.25 bits per heavy atom. The highest BCUT2D eigenvalue weighted by Gasteiger charge is 2.26. The number of nitrogens with one attached hydrogen (secondary N) is 1. The number of anilines is 3. The minimum Gasteiger partial charge on any atom is -0.378 e.